The Hall–Kier alpha value is -3.79. The van der Waals surface area contributed by atoms with E-state index in [1.54, 1.807) is 49.9 Å². The van der Waals surface area contributed by atoms with Crippen LogP contribution in [0.1, 0.15) is 82.7 Å². The number of benzene rings is 2. The lowest BCUT2D eigenvalue weighted by Crippen LogP contribution is -2.55. The van der Waals surface area contributed by atoms with Crippen LogP contribution < -0.4 is 10.6 Å². The van der Waals surface area contributed by atoms with E-state index in [1.165, 1.54) is 0 Å². The summed E-state index contributed by atoms with van der Waals surface area (Å²) in [6.07, 6.45) is 6.34. The van der Waals surface area contributed by atoms with E-state index < -0.39 is 23.8 Å². The standard InChI is InChI=1S/C33H43N3O4/c1-10-20(3)28(35-32(39)40-33(7,8)9)31(38)36(26-19-23(26)6)29(25-17-15-24(11-2)16-18-25)30(37)34-27-21(4)13-12-14-22(27)5/h2,12-18,20,23,26,28-29H,10,19H2,1,3-9H3,(H,34,37)(H,35,39). The monoisotopic (exact) mass is 545 g/mol. The predicted molar refractivity (Wildman–Crippen MR) is 159 cm³/mol. The number of para-hydroxylation sites is 1. The molecule has 0 heterocycles. The number of ether oxygens (including phenoxy) is 1. The van der Waals surface area contributed by atoms with Crippen LogP contribution in [0.3, 0.4) is 0 Å². The third kappa shape index (κ3) is 7.44. The normalized spacial score (nSPS) is 18.5. The smallest absolute Gasteiger partial charge is 0.408 e. The van der Waals surface area contributed by atoms with Crippen molar-refractivity contribution in [2.45, 2.75) is 92.0 Å². The number of hydrogen-bond acceptors (Lipinski definition) is 4. The summed E-state index contributed by atoms with van der Waals surface area (Å²) in [4.78, 5) is 43.1. The van der Waals surface area contributed by atoms with E-state index in [0.29, 0.717) is 17.5 Å². The van der Waals surface area contributed by atoms with E-state index in [-0.39, 0.29) is 29.7 Å². The van der Waals surface area contributed by atoms with Crippen molar-refractivity contribution in [1.82, 2.24) is 10.2 Å². The Balaban J connectivity index is 2.08. The van der Waals surface area contributed by atoms with E-state index in [2.05, 4.69) is 23.5 Å². The molecule has 3 rings (SSSR count). The summed E-state index contributed by atoms with van der Waals surface area (Å²) >= 11 is 0. The highest BCUT2D eigenvalue weighted by Gasteiger charge is 2.49. The molecule has 1 saturated carbocycles. The fraction of sp³-hybridized carbons (Fsp3) is 0.485. The summed E-state index contributed by atoms with van der Waals surface area (Å²) < 4.78 is 5.49. The molecule has 40 heavy (non-hydrogen) atoms. The molecule has 1 aliphatic rings. The lowest BCUT2D eigenvalue weighted by molar-refractivity contribution is -0.142. The summed E-state index contributed by atoms with van der Waals surface area (Å²) in [5.74, 6) is 2.00. The van der Waals surface area contributed by atoms with Gasteiger partial charge in [-0.15, -0.1) is 6.42 Å². The highest BCUT2D eigenvalue weighted by atomic mass is 16.6. The maximum absolute atomic E-state index is 14.4. The third-order valence-corrected chi connectivity index (χ3v) is 7.48. The molecule has 0 saturated heterocycles. The van der Waals surface area contributed by atoms with Crippen molar-refractivity contribution in [2.24, 2.45) is 11.8 Å². The number of anilines is 1. The SMILES string of the molecule is C#Cc1ccc(C(C(=O)Nc2c(C)cccc2C)N(C(=O)C(NC(=O)OC(C)(C)C)C(C)CC)C2CC2C)cc1. The molecule has 0 radical (unpaired) electrons. The van der Waals surface area contributed by atoms with Gasteiger partial charge in [0.05, 0.1) is 0 Å². The molecule has 0 spiro atoms. The van der Waals surface area contributed by atoms with Crippen LogP contribution in [-0.2, 0) is 14.3 Å². The lowest BCUT2D eigenvalue weighted by atomic mass is 9.95. The van der Waals surface area contributed by atoms with E-state index in [4.69, 9.17) is 11.2 Å². The van der Waals surface area contributed by atoms with Crippen molar-refractivity contribution in [1.29, 1.82) is 0 Å². The minimum absolute atomic E-state index is 0.152. The zero-order chi connectivity index (χ0) is 29.8. The highest BCUT2D eigenvalue weighted by Crippen LogP contribution is 2.41. The molecule has 2 aromatic carbocycles. The van der Waals surface area contributed by atoms with Crippen molar-refractivity contribution in [2.75, 3.05) is 5.32 Å². The molecule has 3 amide bonds. The van der Waals surface area contributed by atoms with Gasteiger partial charge in [-0.3, -0.25) is 9.59 Å². The fourth-order valence-corrected chi connectivity index (χ4v) is 4.85. The average Bonchev–Trinajstić information content (AvgIpc) is 3.61. The van der Waals surface area contributed by atoms with Gasteiger partial charge < -0.3 is 20.3 Å². The van der Waals surface area contributed by atoms with Crippen LogP contribution in [0.4, 0.5) is 10.5 Å². The number of terminal acetylenes is 1. The number of nitrogens with zero attached hydrogens (tertiary/aromatic N) is 1. The molecule has 2 N–H and O–H groups in total. The number of carbonyl (C=O) groups is 3. The molecule has 5 unspecified atom stereocenters. The van der Waals surface area contributed by atoms with Crippen LogP contribution in [0.5, 0.6) is 0 Å². The molecule has 1 fully saturated rings. The highest BCUT2D eigenvalue weighted by molar-refractivity contribution is 6.00. The fourth-order valence-electron chi connectivity index (χ4n) is 4.85. The molecule has 7 nitrogen and oxygen atoms in total. The third-order valence-electron chi connectivity index (χ3n) is 7.48. The quantitative estimate of drug-likeness (QED) is 0.371. The van der Waals surface area contributed by atoms with E-state index in [1.807, 2.05) is 45.9 Å². The Morgan fingerprint density at radius 3 is 2.15 bits per heavy atom. The number of rotatable bonds is 9. The van der Waals surface area contributed by atoms with Gasteiger partial charge >= 0.3 is 6.09 Å². The molecule has 1 aliphatic carbocycles. The Kier molecular flexibility index (Phi) is 9.68. The summed E-state index contributed by atoms with van der Waals surface area (Å²) in [6, 6.07) is 11.0. The van der Waals surface area contributed by atoms with Crippen LogP contribution in [0.25, 0.3) is 0 Å². The number of aryl methyl sites for hydroxylation is 2. The van der Waals surface area contributed by atoms with Crippen molar-refractivity contribution in [3.8, 4) is 12.3 Å². The van der Waals surface area contributed by atoms with Crippen LogP contribution in [0.2, 0.25) is 0 Å². The topological polar surface area (TPSA) is 87.7 Å². The van der Waals surface area contributed by atoms with Gasteiger partial charge in [-0.05, 0) is 81.7 Å². The maximum atomic E-state index is 14.4. The molecule has 0 aromatic heterocycles. The van der Waals surface area contributed by atoms with Gasteiger partial charge in [-0.2, -0.15) is 0 Å². The van der Waals surface area contributed by atoms with E-state index in [0.717, 1.165) is 23.2 Å². The van der Waals surface area contributed by atoms with Crippen molar-refractivity contribution < 1.29 is 19.1 Å². The second kappa shape index (κ2) is 12.6. The van der Waals surface area contributed by atoms with Gasteiger partial charge in [0, 0.05) is 17.3 Å². The van der Waals surface area contributed by atoms with Crippen LogP contribution >= 0.6 is 0 Å². The van der Waals surface area contributed by atoms with Crippen LogP contribution in [0.15, 0.2) is 42.5 Å². The number of amides is 3. The predicted octanol–water partition coefficient (Wildman–Crippen LogP) is 6.14. The molecule has 214 valence electrons. The Labute approximate surface area is 239 Å². The van der Waals surface area contributed by atoms with Crippen LogP contribution in [0, 0.1) is 38.0 Å². The van der Waals surface area contributed by atoms with Crippen LogP contribution in [-0.4, -0.2) is 40.5 Å². The first-order valence-corrected chi connectivity index (χ1v) is 14.0. The summed E-state index contributed by atoms with van der Waals surface area (Å²) in [5.41, 5.74) is 3.19. The maximum Gasteiger partial charge on any atom is 0.408 e. The summed E-state index contributed by atoms with van der Waals surface area (Å²) in [6.45, 7) is 15.2. The first-order valence-electron chi connectivity index (χ1n) is 14.0. The Morgan fingerprint density at radius 1 is 1.10 bits per heavy atom. The number of nitrogens with one attached hydrogen (secondary N) is 2. The minimum atomic E-state index is -0.930. The Morgan fingerprint density at radius 2 is 1.68 bits per heavy atom. The van der Waals surface area contributed by atoms with Gasteiger partial charge in [0.2, 0.25) is 5.91 Å². The summed E-state index contributed by atoms with van der Waals surface area (Å²) in [5, 5.41) is 5.93. The van der Waals surface area contributed by atoms with Gasteiger partial charge in [-0.1, -0.05) is 63.4 Å². The molecule has 5 atom stereocenters. The molecular weight excluding hydrogens is 502 g/mol. The number of hydrogen-bond donors (Lipinski definition) is 2. The number of carbonyl (C=O) groups excluding carboxylic acids is 3. The lowest BCUT2D eigenvalue weighted by Gasteiger charge is -2.36. The van der Waals surface area contributed by atoms with Crippen molar-refractivity contribution >= 4 is 23.6 Å². The molecule has 7 heteroatoms. The van der Waals surface area contributed by atoms with Crippen molar-refractivity contribution in [3.63, 3.8) is 0 Å². The first-order chi connectivity index (χ1) is 18.8. The summed E-state index contributed by atoms with van der Waals surface area (Å²) in [7, 11) is 0. The zero-order valence-corrected chi connectivity index (χ0v) is 25.0. The van der Waals surface area contributed by atoms with Gasteiger partial charge in [0.25, 0.3) is 5.91 Å². The van der Waals surface area contributed by atoms with E-state index >= 15 is 0 Å². The van der Waals surface area contributed by atoms with Gasteiger partial charge in [-0.25, -0.2) is 4.79 Å². The van der Waals surface area contributed by atoms with Crippen molar-refractivity contribution in [3.05, 3.63) is 64.7 Å². The second-order valence-corrected chi connectivity index (χ2v) is 12.0. The minimum Gasteiger partial charge on any atom is -0.444 e. The molecule has 2 aromatic rings. The Bertz CT molecular complexity index is 1250. The van der Waals surface area contributed by atoms with E-state index in [9.17, 15) is 14.4 Å². The molecule has 0 bridgehead atoms. The zero-order valence-electron chi connectivity index (χ0n) is 25.0. The first kappa shape index (κ1) is 30.7. The molecule has 0 aliphatic heterocycles. The molecular formula is C33H43N3O4. The van der Waals surface area contributed by atoms with Gasteiger partial charge in [0.15, 0.2) is 0 Å². The number of alkyl carbamates (subject to hydrolysis) is 1. The largest absolute Gasteiger partial charge is 0.444 e. The second-order valence-electron chi connectivity index (χ2n) is 12.0. The average molecular weight is 546 g/mol. The van der Waals surface area contributed by atoms with Gasteiger partial charge in [0.1, 0.15) is 17.7 Å².